The first-order valence-corrected chi connectivity index (χ1v) is 10.4. The molecule has 3 amide bonds. The Morgan fingerprint density at radius 3 is 2.33 bits per heavy atom. The van der Waals surface area contributed by atoms with Gasteiger partial charge in [-0.2, -0.15) is 0 Å². The first kappa shape index (κ1) is 19.8. The first-order valence-electron chi connectivity index (χ1n) is 9.58. The van der Waals surface area contributed by atoms with E-state index in [2.05, 4.69) is 20.9 Å². The normalized spacial score (nSPS) is 12.8. The Kier molecular flexibility index (Phi) is 5.85. The summed E-state index contributed by atoms with van der Waals surface area (Å²) in [6.07, 6.45) is 5.02. The summed E-state index contributed by atoms with van der Waals surface area (Å²) in [6, 6.07) is 14.0. The van der Waals surface area contributed by atoms with E-state index in [1.165, 1.54) is 11.3 Å². The van der Waals surface area contributed by atoms with Crippen LogP contribution < -0.4 is 16.0 Å². The lowest BCUT2D eigenvalue weighted by molar-refractivity contribution is -0.117. The van der Waals surface area contributed by atoms with Gasteiger partial charge in [-0.25, -0.2) is 0 Å². The third-order valence-electron chi connectivity index (χ3n) is 4.63. The third-order valence-corrected chi connectivity index (χ3v) is 5.63. The minimum atomic E-state index is -0.208. The third kappa shape index (κ3) is 5.09. The van der Waals surface area contributed by atoms with Gasteiger partial charge in [0.05, 0.1) is 9.88 Å². The van der Waals surface area contributed by atoms with E-state index < -0.39 is 0 Å². The molecule has 0 radical (unpaired) electrons. The second-order valence-corrected chi connectivity index (χ2v) is 8.08. The molecule has 1 aliphatic rings. The molecule has 0 atom stereocenters. The number of carbonyl (C=O) groups excluding carboxylic acids is 3. The summed E-state index contributed by atoms with van der Waals surface area (Å²) >= 11 is 1.26. The highest BCUT2D eigenvalue weighted by atomic mass is 32.1. The SMILES string of the molecule is O=C(Nc1ccc(CNC(=O)c2ccc(NC(=O)C3CC3)s2)cc1)c1ccncc1. The maximum Gasteiger partial charge on any atom is 0.261 e. The molecule has 2 heterocycles. The predicted octanol–water partition coefficient (Wildman–Crippen LogP) is 3.67. The Hall–Kier alpha value is -3.52. The first-order chi connectivity index (χ1) is 14.6. The second kappa shape index (κ2) is 8.87. The highest BCUT2D eigenvalue weighted by Crippen LogP contribution is 2.31. The Labute approximate surface area is 177 Å². The van der Waals surface area contributed by atoms with Gasteiger partial charge in [0.25, 0.3) is 11.8 Å². The number of carbonyl (C=O) groups is 3. The van der Waals surface area contributed by atoms with Gasteiger partial charge < -0.3 is 16.0 Å². The van der Waals surface area contributed by atoms with Crippen LogP contribution in [0, 0.1) is 5.92 Å². The molecule has 1 aliphatic carbocycles. The average Bonchev–Trinajstić information content (AvgIpc) is 3.53. The quantitative estimate of drug-likeness (QED) is 0.543. The van der Waals surface area contributed by atoms with Crippen molar-refractivity contribution in [3.8, 4) is 0 Å². The fourth-order valence-corrected chi connectivity index (χ4v) is 3.60. The number of hydrogen-bond donors (Lipinski definition) is 3. The molecule has 2 aromatic heterocycles. The van der Waals surface area contributed by atoms with Crippen molar-refractivity contribution in [2.75, 3.05) is 10.6 Å². The van der Waals surface area contributed by atoms with Crippen molar-refractivity contribution in [2.24, 2.45) is 5.92 Å². The fourth-order valence-electron chi connectivity index (χ4n) is 2.78. The largest absolute Gasteiger partial charge is 0.347 e. The number of amides is 3. The van der Waals surface area contributed by atoms with Crippen LogP contribution in [0.3, 0.4) is 0 Å². The summed E-state index contributed by atoms with van der Waals surface area (Å²) in [6.45, 7) is 0.360. The van der Waals surface area contributed by atoms with Crippen LogP contribution in [0.2, 0.25) is 0 Å². The van der Waals surface area contributed by atoms with Gasteiger partial charge in [0, 0.05) is 36.1 Å². The van der Waals surface area contributed by atoms with Crippen molar-refractivity contribution in [3.63, 3.8) is 0 Å². The van der Waals surface area contributed by atoms with Gasteiger partial charge in [-0.3, -0.25) is 19.4 Å². The number of nitrogens with one attached hydrogen (secondary N) is 3. The predicted molar refractivity (Wildman–Crippen MR) is 115 cm³/mol. The minimum absolute atomic E-state index is 0.0277. The van der Waals surface area contributed by atoms with Crippen LogP contribution in [-0.4, -0.2) is 22.7 Å². The van der Waals surface area contributed by atoms with Crippen LogP contribution in [0.1, 0.15) is 38.4 Å². The number of thiophene rings is 1. The molecule has 0 saturated heterocycles. The van der Waals surface area contributed by atoms with Crippen LogP contribution in [0.4, 0.5) is 10.7 Å². The zero-order chi connectivity index (χ0) is 20.9. The zero-order valence-electron chi connectivity index (χ0n) is 16.1. The topological polar surface area (TPSA) is 100 Å². The molecule has 7 nitrogen and oxygen atoms in total. The summed E-state index contributed by atoms with van der Waals surface area (Å²) in [5.41, 5.74) is 2.11. The maximum absolute atomic E-state index is 12.4. The van der Waals surface area contributed by atoms with Crippen LogP contribution in [0.15, 0.2) is 60.9 Å². The van der Waals surface area contributed by atoms with Crippen molar-refractivity contribution < 1.29 is 14.4 Å². The molecular formula is C22H20N4O3S. The molecule has 8 heteroatoms. The highest BCUT2D eigenvalue weighted by Gasteiger charge is 2.29. The standard InChI is InChI=1S/C22H20N4O3S/c27-20(16-9-11-23-12-10-16)25-17-5-1-14(2-6-17)13-24-22(29)18-7-8-19(30-18)26-21(28)15-3-4-15/h1-2,5-12,15H,3-4,13H2,(H,24,29)(H,25,27)(H,26,28). The summed E-state index contributed by atoms with van der Waals surface area (Å²) < 4.78 is 0. The highest BCUT2D eigenvalue weighted by molar-refractivity contribution is 7.18. The van der Waals surface area contributed by atoms with Gasteiger partial charge >= 0.3 is 0 Å². The van der Waals surface area contributed by atoms with Crippen molar-refractivity contribution in [2.45, 2.75) is 19.4 Å². The van der Waals surface area contributed by atoms with Gasteiger partial charge in [-0.1, -0.05) is 12.1 Å². The lowest BCUT2D eigenvalue weighted by Crippen LogP contribution is -2.21. The molecule has 1 aromatic carbocycles. The summed E-state index contributed by atoms with van der Waals surface area (Å²) in [5, 5.41) is 9.22. The molecule has 1 saturated carbocycles. The van der Waals surface area contributed by atoms with Crippen molar-refractivity contribution in [1.82, 2.24) is 10.3 Å². The van der Waals surface area contributed by atoms with Gasteiger partial charge in [0.2, 0.25) is 5.91 Å². The Morgan fingerprint density at radius 2 is 1.63 bits per heavy atom. The van der Waals surface area contributed by atoms with E-state index in [1.54, 1.807) is 48.8 Å². The monoisotopic (exact) mass is 420 g/mol. The molecule has 0 unspecified atom stereocenters. The lowest BCUT2D eigenvalue weighted by atomic mass is 10.2. The minimum Gasteiger partial charge on any atom is -0.347 e. The number of rotatable bonds is 7. The zero-order valence-corrected chi connectivity index (χ0v) is 16.9. The average molecular weight is 420 g/mol. The number of nitrogens with zero attached hydrogens (tertiary/aromatic N) is 1. The van der Waals surface area contributed by atoms with Gasteiger partial charge in [0.1, 0.15) is 0 Å². The number of pyridine rings is 1. The number of aromatic nitrogens is 1. The van der Waals surface area contributed by atoms with E-state index in [9.17, 15) is 14.4 Å². The Bertz CT molecular complexity index is 1060. The molecular weight excluding hydrogens is 400 g/mol. The Morgan fingerprint density at radius 1 is 0.900 bits per heavy atom. The van der Waals surface area contributed by atoms with Gasteiger partial charge in [-0.05, 0) is 54.8 Å². The summed E-state index contributed by atoms with van der Waals surface area (Å²) in [5.74, 6) is -0.246. The van der Waals surface area contributed by atoms with Crippen molar-refractivity contribution >= 4 is 39.7 Å². The molecule has 0 bridgehead atoms. The summed E-state index contributed by atoms with van der Waals surface area (Å²) in [7, 11) is 0. The smallest absolute Gasteiger partial charge is 0.261 e. The molecule has 0 aliphatic heterocycles. The van der Waals surface area contributed by atoms with E-state index in [0.717, 1.165) is 18.4 Å². The number of hydrogen-bond acceptors (Lipinski definition) is 5. The maximum atomic E-state index is 12.4. The number of benzene rings is 1. The van der Waals surface area contributed by atoms with Crippen LogP contribution in [0.5, 0.6) is 0 Å². The fraction of sp³-hybridized carbons (Fsp3) is 0.182. The second-order valence-electron chi connectivity index (χ2n) is 7.00. The van der Waals surface area contributed by atoms with Crippen LogP contribution in [0.25, 0.3) is 0 Å². The van der Waals surface area contributed by atoms with E-state index in [0.29, 0.717) is 27.7 Å². The van der Waals surface area contributed by atoms with Crippen LogP contribution in [-0.2, 0) is 11.3 Å². The van der Waals surface area contributed by atoms with Crippen molar-refractivity contribution in [3.05, 3.63) is 76.9 Å². The van der Waals surface area contributed by atoms with Gasteiger partial charge in [-0.15, -0.1) is 11.3 Å². The van der Waals surface area contributed by atoms with E-state index >= 15 is 0 Å². The Balaban J connectivity index is 1.27. The van der Waals surface area contributed by atoms with Gasteiger partial charge in [0.15, 0.2) is 0 Å². The molecule has 152 valence electrons. The van der Waals surface area contributed by atoms with E-state index in [4.69, 9.17) is 0 Å². The molecule has 1 fully saturated rings. The molecule has 3 aromatic rings. The molecule has 0 spiro atoms. The molecule has 30 heavy (non-hydrogen) atoms. The van der Waals surface area contributed by atoms with Crippen molar-refractivity contribution in [1.29, 1.82) is 0 Å². The lowest BCUT2D eigenvalue weighted by Gasteiger charge is -2.07. The van der Waals surface area contributed by atoms with Crippen LogP contribution >= 0.6 is 11.3 Å². The van der Waals surface area contributed by atoms with E-state index in [1.807, 2.05) is 12.1 Å². The number of anilines is 2. The molecule has 3 N–H and O–H groups in total. The molecule has 4 rings (SSSR count). The summed E-state index contributed by atoms with van der Waals surface area (Å²) in [4.78, 5) is 40.8. The van der Waals surface area contributed by atoms with E-state index in [-0.39, 0.29) is 23.6 Å².